The predicted octanol–water partition coefficient (Wildman–Crippen LogP) is 3.75. The third kappa shape index (κ3) is 5.39. The van der Waals surface area contributed by atoms with Crippen molar-refractivity contribution in [2.75, 3.05) is 7.11 Å². The molecule has 102 valence electrons. The lowest BCUT2D eigenvalue weighted by Gasteiger charge is -2.33. The number of hydrogen-bond donors (Lipinski definition) is 1. The Kier molecular flexibility index (Phi) is 5.94. The minimum absolute atomic E-state index is 0.0152. The highest BCUT2D eigenvalue weighted by Crippen LogP contribution is 2.27. The van der Waals surface area contributed by atoms with E-state index in [-0.39, 0.29) is 5.60 Å². The fourth-order valence-electron chi connectivity index (χ4n) is 3.10. The summed E-state index contributed by atoms with van der Waals surface area (Å²) >= 11 is 0. The third-order valence-corrected chi connectivity index (χ3v) is 4.25. The van der Waals surface area contributed by atoms with Crippen LogP contribution in [-0.4, -0.2) is 24.8 Å². The second-order valence-electron chi connectivity index (χ2n) is 6.42. The molecule has 1 saturated carbocycles. The van der Waals surface area contributed by atoms with E-state index in [2.05, 4.69) is 33.0 Å². The van der Waals surface area contributed by atoms with Gasteiger partial charge in [-0.25, -0.2) is 0 Å². The zero-order valence-electron chi connectivity index (χ0n) is 12.4. The van der Waals surface area contributed by atoms with Crippen molar-refractivity contribution in [1.82, 2.24) is 5.32 Å². The van der Waals surface area contributed by atoms with Gasteiger partial charge in [0.05, 0.1) is 5.60 Å². The number of hydrogen-bond acceptors (Lipinski definition) is 2. The van der Waals surface area contributed by atoms with Crippen LogP contribution in [-0.2, 0) is 4.74 Å². The van der Waals surface area contributed by atoms with Crippen molar-refractivity contribution >= 4 is 0 Å². The molecule has 0 heterocycles. The largest absolute Gasteiger partial charge is 0.379 e. The summed E-state index contributed by atoms with van der Waals surface area (Å²) in [6.45, 7) is 8.96. The Morgan fingerprint density at radius 1 is 1.18 bits per heavy atom. The maximum atomic E-state index is 5.50. The average molecular weight is 241 g/mol. The second kappa shape index (κ2) is 6.75. The van der Waals surface area contributed by atoms with E-state index in [4.69, 9.17) is 4.74 Å². The molecule has 17 heavy (non-hydrogen) atoms. The first kappa shape index (κ1) is 15.0. The van der Waals surface area contributed by atoms with Gasteiger partial charge in [-0.1, -0.05) is 19.3 Å². The molecule has 2 heteroatoms. The molecular weight excluding hydrogens is 210 g/mol. The van der Waals surface area contributed by atoms with Gasteiger partial charge in [0, 0.05) is 19.2 Å². The first-order chi connectivity index (χ1) is 7.94. The number of rotatable bonds is 6. The lowest BCUT2D eigenvalue weighted by molar-refractivity contribution is 0.00701. The predicted molar refractivity (Wildman–Crippen MR) is 74.3 cm³/mol. The van der Waals surface area contributed by atoms with Crippen LogP contribution in [0.5, 0.6) is 0 Å². The van der Waals surface area contributed by atoms with Crippen LogP contribution in [0.15, 0.2) is 0 Å². The summed E-state index contributed by atoms with van der Waals surface area (Å²) in [5, 5.41) is 3.76. The maximum absolute atomic E-state index is 5.50. The Labute approximate surface area is 108 Å². The van der Waals surface area contributed by atoms with Crippen LogP contribution in [0, 0.1) is 5.92 Å². The second-order valence-corrected chi connectivity index (χ2v) is 6.42. The number of methoxy groups -OCH3 is 1. The molecule has 0 spiro atoms. The molecule has 1 fully saturated rings. The highest BCUT2D eigenvalue weighted by Gasteiger charge is 2.24. The fourth-order valence-corrected chi connectivity index (χ4v) is 3.10. The summed E-state index contributed by atoms with van der Waals surface area (Å²) in [5.74, 6) is 0.886. The first-order valence-corrected chi connectivity index (χ1v) is 7.26. The van der Waals surface area contributed by atoms with E-state index in [1.54, 1.807) is 7.11 Å². The lowest BCUT2D eigenvalue weighted by atomic mass is 9.84. The Morgan fingerprint density at radius 3 is 2.29 bits per heavy atom. The van der Waals surface area contributed by atoms with E-state index in [0.717, 1.165) is 12.3 Å². The molecule has 1 aliphatic carbocycles. The number of ether oxygens (including phenoxy) is 1. The molecule has 0 saturated heterocycles. The molecule has 0 aliphatic heterocycles. The van der Waals surface area contributed by atoms with Gasteiger partial charge in [0.1, 0.15) is 0 Å². The van der Waals surface area contributed by atoms with Gasteiger partial charge >= 0.3 is 0 Å². The van der Waals surface area contributed by atoms with Gasteiger partial charge in [-0.05, 0) is 52.9 Å². The summed E-state index contributed by atoms with van der Waals surface area (Å²) in [6.07, 6.45) is 8.18. The Balaban J connectivity index is 2.31. The van der Waals surface area contributed by atoms with Crippen molar-refractivity contribution in [2.24, 2.45) is 5.92 Å². The minimum atomic E-state index is -0.0152. The molecule has 1 aliphatic rings. The molecule has 2 atom stereocenters. The van der Waals surface area contributed by atoms with E-state index >= 15 is 0 Å². The molecular formula is C15H31NO. The smallest absolute Gasteiger partial charge is 0.0637 e. The van der Waals surface area contributed by atoms with Crippen molar-refractivity contribution in [3.8, 4) is 0 Å². The molecule has 0 aromatic carbocycles. The van der Waals surface area contributed by atoms with E-state index in [1.165, 1.54) is 32.1 Å². The van der Waals surface area contributed by atoms with Gasteiger partial charge in [0.2, 0.25) is 0 Å². The van der Waals surface area contributed by atoms with Crippen LogP contribution in [0.4, 0.5) is 0 Å². The first-order valence-electron chi connectivity index (χ1n) is 7.26. The van der Waals surface area contributed by atoms with E-state index in [1.807, 2.05) is 0 Å². The van der Waals surface area contributed by atoms with Crippen LogP contribution in [0.25, 0.3) is 0 Å². The summed E-state index contributed by atoms with van der Waals surface area (Å²) in [6, 6.07) is 1.18. The third-order valence-electron chi connectivity index (χ3n) is 4.25. The van der Waals surface area contributed by atoms with Crippen LogP contribution in [0.3, 0.4) is 0 Å². The van der Waals surface area contributed by atoms with Gasteiger partial charge < -0.3 is 10.1 Å². The molecule has 0 aromatic rings. The van der Waals surface area contributed by atoms with Gasteiger partial charge in [-0.15, -0.1) is 0 Å². The maximum Gasteiger partial charge on any atom is 0.0637 e. The number of nitrogens with one attached hydrogen (secondary N) is 1. The summed E-state index contributed by atoms with van der Waals surface area (Å²) in [5.41, 5.74) is -0.0152. The highest BCUT2D eigenvalue weighted by molar-refractivity contribution is 4.81. The lowest BCUT2D eigenvalue weighted by Crippen LogP contribution is -2.43. The minimum Gasteiger partial charge on any atom is -0.379 e. The van der Waals surface area contributed by atoms with Crippen molar-refractivity contribution in [3.05, 3.63) is 0 Å². The van der Waals surface area contributed by atoms with E-state index in [0.29, 0.717) is 12.1 Å². The monoisotopic (exact) mass is 241 g/mol. The van der Waals surface area contributed by atoms with Crippen LogP contribution in [0.2, 0.25) is 0 Å². The van der Waals surface area contributed by atoms with Crippen molar-refractivity contribution in [3.63, 3.8) is 0 Å². The summed E-state index contributed by atoms with van der Waals surface area (Å²) in [7, 11) is 1.80. The van der Waals surface area contributed by atoms with E-state index in [9.17, 15) is 0 Å². The van der Waals surface area contributed by atoms with Gasteiger partial charge in [-0.2, -0.15) is 0 Å². The molecule has 2 nitrogen and oxygen atoms in total. The molecule has 0 aromatic heterocycles. The Hall–Kier alpha value is -0.0800. The normalized spacial score (nSPS) is 22.4. The molecule has 0 amide bonds. The van der Waals surface area contributed by atoms with E-state index < -0.39 is 0 Å². The SMILES string of the molecule is COC(C)(C)CC(C)NC(C)C1CCCCC1. The molecule has 1 rings (SSSR count). The zero-order chi connectivity index (χ0) is 12.9. The van der Waals surface area contributed by atoms with Crippen molar-refractivity contribution in [2.45, 2.75) is 83.9 Å². The molecule has 0 bridgehead atoms. The van der Waals surface area contributed by atoms with Crippen LogP contribution in [0.1, 0.15) is 66.2 Å². The topological polar surface area (TPSA) is 21.3 Å². The van der Waals surface area contributed by atoms with Crippen LogP contribution < -0.4 is 5.32 Å². The molecule has 2 unspecified atom stereocenters. The Morgan fingerprint density at radius 2 is 1.76 bits per heavy atom. The van der Waals surface area contributed by atoms with Gasteiger partial charge in [-0.3, -0.25) is 0 Å². The highest BCUT2D eigenvalue weighted by atomic mass is 16.5. The zero-order valence-corrected chi connectivity index (χ0v) is 12.4. The molecule has 1 N–H and O–H groups in total. The average Bonchev–Trinajstić information content (AvgIpc) is 2.29. The fraction of sp³-hybridized carbons (Fsp3) is 1.00. The van der Waals surface area contributed by atoms with Gasteiger partial charge in [0.25, 0.3) is 0 Å². The van der Waals surface area contributed by atoms with Gasteiger partial charge in [0.15, 0.2) is 0 Å². The van der Waals surface area contributed by atoms with Crippen molar-refractivity contribution in [1.29, 1.82) is 0 Å². The van der Waals surface area contributed by atoms with Crippen LogP contribution >= 0.6 is 0 Å². The molecule has 0 radical (unpaired) electrons. The quantitative estimate of drug-likeness (QED) is 0.764. The van der Waals surface area contributed by atoms with Crippen molar-refractivity contribution < 1.29 is 4.74 Å². The summed E-state index contributed by atoms with van der Waals surface area (Å²) in [4.78, 5) is 0. The summed E-state index contributed by atoms with van der Waals surface area (Å²) < 4.78 is 5.50. The Bertz CT molecular complexity index is 209. The standard InChI is InChI=1S/C15H31NO/c1-12(11-15(3,4)17-5)16-13(2)14-9-7-6-8-10-14/h12-14,16H,6-11H2,1-5H3.